The first-order valence-corrected chi connectivity index (χ1v) is 17.4. The smallest absolute Gasteiger partial charge is 0.251 e. The van der Waals surface area contributed by atoms with Crippen molar-refractivity contribution in [2.45, 2.75) is 76.1 Å². The number of nitrogens with zero attached hydrogens (tertiary/aromatic N) is 3. The first kappa shape index (κ1) is 34.0. The lowest BCUT2D eigenvalue weighted by molar-refractivity contribution is -0.146. The molecular weight excluding hydrogens is 595 g/mol. The number of hydrogen-bond donors (Lipinski definition) is 1. The van der Waals surface area contributed by atoms with E-state index in [4.69, 9.17) is 0 Å². The van der Waals surface area contributed by atoms with Crippen molar-refractivity contribution in [1.82, 2.24) is 9.80 Å². The summed E-state index contributed by atoms with van der Waals surface area (Å²) < 4.78 is -0.799. The number of anilines is 1. The summed E-state index contributed by atoms with van der Waals surface area (Å²) in [5.41, 5.74) is 3.76. The van der Waals surface area contributed by atoms with Crippen molar-refractivity contribution >= 4 is 35.2 Å². The lowest BCUT2D eigenvalue weighted by Gasteiger charge is -2.42. The van der Waals surface area contributed by atoms with Gasteiger partial charge in [0, 0.05) is 30.6 Å². The minimum Gasteiger partial charge on any atom is -0.394 e. The molecule has 2 aromatic rings. The molecule has 2 aromatic carbocycles. The van der Waals surface area contributed by atoms with Gasteiger partial charge in [-0.1, -0.05) is 81.5 Å². The Balaban J connectivity index is 1.63. The predicted molar refractivity (Wildman–Crippen MR) is 186 cm³/mol. The number of rotatable bonds is 13. The molecule has 1 N–H and O–H groups in total. The molecule has 3 aliphatic rings. The second kappa shape index (κ2) is 13.8. The quantitative estimate of drug-likeness (QED) is 0.280. The van der Waals surface area contributed by atoms with Crippen molar-refractivity contribution in [3.8, 4) is 0 Å². The van der Waals surface area contributed by atoms with Gasteiger partial charge < -0.3 is 19.8 Å². The van der Waals surface area contributed by atoms with Gasteiger partial charge in [-0.2, -0.15) is 0 Å². The molecule has 0 saturated carbocycles. The van der Waals surface area contributed by atoms with Crippen LogP contribution in [0, 0.1) is 37.5 Å². The molecule has 246 valence electrons. The Morgan fingerprint density at radius 3 is 2.28 bits per heavy atom. The van der Waals surface area contributed by atoms with Gasteiger partial charge in [-0.3, -0.25) is 14.4 Å². The Morgan fingerprint density at radius 2 is 1.70 bits per heavy atom. The zero-order valence-electron chi connectivity index (χ0n) is 27.9. The van der Waals surface area contributed by atoms with E-state index in [1.807, 2.05) is 62.4 Å². The number of para-hydroxylation sites is 1. The summed E-state index contributed by atoms with van der Waals surface area (Å²) in [6.07, 6.45) is 4.76. The Bertz CT molecular complexity index is 1460. The largest absolute Gasteiger partial charge is 0.394 e. The van der Waals surface area contributed by atoms with Crippen LogP contribution >= 0.6 is 11.8 Å². The highest BCUT2D eigenvalue weighted by Crippen LogP contribution is 2.69. The van der Waals surface area contributed by atoms with E-state index >= 15 is 4.79 Å². The summed E-state index contributed by atoms with van der Waals surface area (Å²) in [5.74, 6) is -1.45. The summed E-state index contributed by atoms with van der Waals surface area (Å²) in [6, 6.07) is 14.5. The van der Waals surface area contributed by atoms with Crippen LogP contribution in [0.5, 0.6) is 0 Å². The molecule has 1 spiro atoms. The number of aliphatic hydroxyl groups is 1. The van der Waals surface area contributed by atoms with Crippen molar-refractivity contribution in [3.05, 3.63) is 90.5 Å². The van der Waals surface area contributed by atoms with Gasteiger partial charge in [0.15, 0.2) is 0 Å². The van der Waals surface area contributed by atoms with E-state index in [-0.39, 0.29) is 48.0 Å². The Hall–Kier alpha value is -3.36. The maximum absolute atomic E-state index is 15.2. The normalized spacial score (nSPS) is 27.1. The van der Waals surface area contributed by atoms with Gasteiger partial charge in [-0.15, -0.1) is 24.9 Å². The molecule has 7 nitrogen and oxygen atoms in total. The maximum atomic E-state index is 15.2. The predicted octanol–water partition coefficient (Wildman–Crippen LogP) is 5.78. The monoisotopic (exact) mass is 643 g/mol. The number of aliphatic hydroxyl groups excluding tert-OH is 1. The standard InChI is InChI=1S/C38H49N3O4S/c1-8-18-39(22-28-16-11-10-12-17-28)35(43)31-30-21-27(7)38(46-30)32(31)36(44)41(29(23-42)20-24(3)4)34(38)37(45)40(19-9-2)33-25(5)14-13-15-26(33)6/h8-17,24,27,29-32,34,42H,1-2,18-23H2,3-7H3/t27?,29-,30-,31+,32+,34?,38?/m1/s1. The first-order valence-electron chi connectivity index (χ1n) is 16.5. The minimum absolute atomic E-state index is 0.0170. The minimum atomic E-state index is -0.829. The maximum Gasteiger partial charge on any atom is 0.251 e. The molecule has 3 saturated heterocycles. The molecule has 3 fully saturated rings. The van der Waals surface area contributed by atoms with Crippen LogP contribution in [0.4, 0.5) is 5.69 Å². The third kappa shape index (κ3) is 5.72. The molecule has 2 bridgehead atoms. The topological polar surface area (TPSA) is 81.2 Å². The first-order chi connectivity index (χ1) is 22.0. The van der Waals surface area contributed by atoms with E-state index in [1.165, 1.54) is 0 Å². The van der Waals surface area contributed by atoms with Crippen LogP contribution in [0.1, 0.15) is 50.3 Å². The van der Waals surface area contributed by atoms with Crippen LogP contribution in [0.3, 0.4) is 0 Å². The molecule has 0 aromatic heterocycles. The number of likely N-dealkylation sites (tertiary alicyclic amines) is 1. The van der Waals surface area contributed by atoms with Crippen LogP contribution in [-0.2, 0) is 20.9 Å². The molecule has 3 aliphatic heterocycles. The van der Waals surface area contributed by atoms with Gasteiger partial charge in [0.2, 0.25) is 11.8 Å². The summed E-state index contributed by atoms with van der Waals surface area (Å²) in [4.78, 5) is 50.0. The Kier molecular flexibility index (Phi) is 10.2. The molecule has 3 heterocycles. The number of hydrogen-bond acceptors (Lipinski definition) is 5. The fourth-order valence-corrected chi connectivity index (χ4v) is 10.8. The SMILES string of the molecule is C=CCN(Cc1ccccc1)C(=O)[C@@H]1[C@H]2C(=O)N([C@@H](CO)CC(C)C)C(C(=O)N(CC=C)c3c(C)cccc3C)C23S[C@@H]1CC3C. The van der Waals surface area contributed by atoms with Crippen LogP contribution in [0.2, 0.25) is 0 Å². The number of carbonyl (C=O) groups excluding carboxylic acids is 3. The van der Waals surface area contributed by atoms with Crippen LogP contribution in [-0.4, -0.2) is 74.4 Å². The number of fused-ring (bicyclic) bond motifs is 1. The third-order valence-electron chi connectivity index (χ3n) is 10.2. The average Bonchev–Trinajstić information content (AvgIpc) is 3.62. The van der Waals surface area contributed by atoms with Crippen molar-refractivity contribution in [3.63, 3.8) is 0 Å². The lowest BCUT2D eigenvalue weighted by Crippen LogP contribution is -2.59. The molecule has 0 radical (unpaired) electrons. The van der Waals surface area contributed by atoms with Crippen molar-refractivity contribution in [1.29, 1.82) is 0 Å². The van der Waals surface area contributed by atoms with E-state index in [9.17, 15) is 14.7 Å². The average molecular weight is 644 g/mol. The summed E-state index contributed by atoms with van der Waals surface area (Å²) in [7, 11) is 0. The molecule has 46 heavy (non-hydrogen) atoms. The highest BCUT2D eigenvalue weighted by Gasteiger charge is 2.77. The van der Waals surface area contributed by atoms with E-state index in [2.05, 4.69) is 33.9 Å². The van der Waals surface area contributed by atoms with Gasteiger partial charge in [-0.25, -0.2) is 0 Å². The number of carbonyl (C=O) groups is 3. The molecule has 5 rings (SSSR count). The molecule has 3 amide bonds. The number of amides is 3. The van der Waals surface area contributed by atoms with Crippen LogP contribution in [0.25, 0.3) is 0 Å². The second-order valence-corrected chi connectivity index (χ2v) is 15.3. The number of benzene rings is 2. The molecule has 0 aliphatic carbocycles. The van der Waals surface area contributed by atoms with E-state index in [0.717, 1.165) is 28.8 Å². The molecule has 8 heteroatoms. The Morgan fingerprint density at radius 1 is 1.04 bits per heavy atom. The number of aryl methyl sites for hydroxylation is 2. The Labute approximate surface area is 278 Å². The molecule has 7 atom stereocenters. The summed E-state index contributed by atoms with van der Waals surface area (Å²) in [6.45, 7) is 19.0. The second-order valence-electron chi connectivity index (χ2n) is 13.7. The van der Waals surface area contributed by atoms with E-state index in [0.29, 0.717) is 19.5 Å². The zero-order chi connectivity index (χ0) is 33.3. The van der Waals surface area contributed by atoms with Crippen molar-refractivity contribution < 1.29 is 19.5 Å². The van der Waals surface area contributed by atoms with Crippen LogP contribution in [0.15, 0.2) is 73.8 Å². The lowest BCUT2D eigenvalue weighted by atomic mass is 9.65. The highest BCUT2D eigenvalue weighted by atomic mass is 32.2. The highest BCUT2D eigenvalue weighted by molar-refractivity contribution is 8.02. The zero-order valence-corrected chi connectivity index (χ0v) is 28.7. The van der Waals surface area contributed by atoms with Crippen molar-refractivity contribution in [2.24, 2.45) is 23.7 Å². The van der Waals surface area contributed by atoms with Crippen LogP contribution < -0.4 is 4.90 Å². The fourth-order valence-electron chi connectivity index (χ4n) is 8.44. The fraction of sp³-hybridized carbons (Fsp3) is 0.500. The van der Waals surface area contributed by atoms with Crippen molar-refractivity contribution in [2.75, 3.05) is 24.6 Å². The van der Waals surface area contributed by atoms with Gasteiger partial charge in [0.05, 0.1) is 29.2 Å². The van der Waals surface area contributed by atoms with E-state index < -0.39 is 28.7 Å². The van der Waals surface area contributed by atoms with Gasteiger partial charge in [-0.05, 0) is 55.2 Å². The third-order valence-corrected chi connectivity index (χ3v) is 12.3. The van der Waals surface area contributed by atoms with Gasteiger partial charge >= 0.3 is 0 Å². The molecule has 3 unspecified atom stereocenters. The van der Waals surface area contributed by atoms with Gasteiger partial charge in [0.1, 0.15) is 6.04 Å². The summed E-state index contributed by atoms with van der Waals surface area (Å²) >= 11 is 1.67. The molecular formula is C38H49N3O4S. The van der Waals surface area contributed by atoms with E-state index in [1.54, 1.807) is 38.6 Å². The summed E-state index contributed by atoms with van der Waals surface area (Å²) in [5, 5.41) is 10.7. The van der Waals surface area contributed by atoms with Gasteiger partial charge in [0.25, 0.3) is 5.91 Å². The number of thioether (sulfide) groups is 1.